The average molecular weight is 418 g/mol. The summed E-state index contributed by atoms with van der Waals surface area (Å²) >= 11 is 7.85. The zero-order valence-corrected chi connectivity index (χ0v) is 13.7. The van der Waals surface area contributed by atoms with E-state index in [4.69, 9.17) is 11.6 Å². The van der Waals surface area contributed by atoms with E-state index in [1.165, 1.54) is 12.3 Å². The molecule has 0 atom stereocenters. The van der Waals surface area contributed by atoms with Gasteiger partial charge in [0, 0.05) is 15.5 Å². The fourth-order valence-corrected chi connectivity index (χ4v) is 2.62. The van der Waals surface area contributed by atoms with Crippen molar-refractivity contribution in [1.29, 1.82) is 0 Å². The molecule has 0 bridgehead atoms. The first-order valence-electron chi connectivity index (χ1n) is 5.76. The molecule has 6 nitrogen and oxygen atoms in total. The summed E-state index contributed by atoms with van der Waals surface area (Å²) in [6.07, 6.45) is 1.25. The zero-order chi connectivity index (χ0) is 15.6. The molecule has 8 heteroatoms. The third-order valence-electron chi connectivity index (χ3n) is 2.74. The van der Waals surface area contributed by atoms with Crippen LogP contribution in [0, 0.1) is 20.6 Å². The summed E-state index contributed by atoms with van der Waals surface area (Å²) in [5.41, 5.74) is 0.818. The van der Waals surface area contributed by atoms with Gasteiger partial charge < -0.3 is 5.32 Å². The molecular formula is C13H9ClIN3O3. The number of rotatable bonds is 3. The van der Waals surface area contributed by atoms with Gasteiger partial charge in [0.1, 0.15) is 5.56 Å². The van der Waals surface area contributed by atoms with E-state index in [2.05, 4.69) is 32.9 Å². The molecule has 0 saturated heterocycles. The van der Waals surface area contributed by atoms with Crippen LogP contribution in [0.4, 0.5) is 11.4 Å². The van der Waals surface area contributed by atoms with E-state index in [-0.39, 0.29) is 10.7 Å². The van der Waals surface area contributed by atoms with Crippen LogP contribution >= 0.6 is 34.2 Å². The Bertz CT molecular complexity index is 737. The molecule has 0 aliphatic carbocycles. The van der Waals surface area contributed by atoms with Crippen molar-refractivity contribution in [2.24, 2.45) is 0 Å². The topological polar surface area (TPSA) is 85.1 Å². The van der Waals surface area contributed by atoms with Crippen LogP contribution in [0.5, 0.6) is 0 Å². The smallest absolute Gasteiger partial charge is 0.319 e. The quantitative estimate of drug-likeness (QED) is 0.356. The predicted octanol–water partition coefficient (Wildman–Crippen LogP) is 3.81. The van der Waals surface area contributed by atoms with Crippen molar-refractivity contribution in [2.75, 3.05) is 5.32 Å². The molecule has 2 aromatic rings. The Labute approximate surface area is 138 Å². The third kappa shape index (κ3) is 3.48. The first-order chi connectivity index (χ1) is 9.90. The second kappa shape index (κ2) is 6.35. The molecule has 0 saturated carbocycles. The highest BCUT2D eigenvalue weighted by molar-refractivity contribution is 14.1. The Morgan fingerprint density at radius 3 is 2.76 bits per heavy atom. The zero-order valence-electron chi connectivity index (χ0n) is 10.8. The Hall–Kier alpha value is -1.74. The number of hydrogen-bond donors (Lipinski definition) is 1. The summed E-state index contributed by atoms with van der Waals surface area (Å²) in [4.78, 5) is 26.1. The maximum atomic E-state index is 12.2. The standard InChI is InChI=1S/C13H9ClIN3O3/c1-7-6-8(15)2-3-10(7)17-13(19)9-4-5-16-12(14)11(9)18(20)21/h2-6H,1H3,(H,17,19). The molecule has 0 unspecified atom stereocenters. The maximum absolute atomic E-state index is 12.2. The van der Waals surface area contributed by atoms with Gasteiger partial charge in [-0.05, 0) is 59.3 Å². The van der Waals surface area contributed by atoms with Crippen LogP contribution in [0.25, 0.3) is 0 Å². The van der Waals surface area contributed by atoms with Gasteiger partial charge in [0.05, 0.1) is 4.92 Å². The molecule has 21 heavy (non-hydrogen) atoms. The number of carbonyl (C=O) groups is 1. The normalized spacial score (nSPS) is 10.2. The second-order valence-corrected chi connectivity index (χ2v) is 5.77. The van der Waals surface area contributed by atoms with Gasteiger partial charge in [-0.3, -0.25) is 14.9 Å². The van der Waals surface area contributed by atoms with Crippen molar-refractivity contribution in [1.82, 2.24) is 4.98 Å². The number of aromatic nitrogens is 1. The first-order valence-corrected chi connectivity index (χ1v) is 7.22. The number of nitro groups is 1. The van der Waals surface area contributed by atoms with Gasteiger partial charge in [-0.25, -0.2) is 4.98 Å². The van der Waals surface area contributed by atoms with Crippen LogP contribution in [0.1, 0.15) is 15.9 Å². The average Bonchev–Trinajstić information content (AvgIpc) is 2.41. The SMILES string of the molecule is Cc1cc(I)ccc1NC(=O)c1ccnc(Cl)c1[N+](=O)[O-]. The number of nitrogens with zero attached hydrogens (tertiary/aromatic N) is 2. The highest BCUT2D eigenvalue weighted by atomic mass is 127. The van der Waals surface area contributed by atoms with E-state index in [1.54, 1.807) is 6.07 Å². The molecule has 1 aromatic carbocycles. The van der Waals surface area contributed by atoms with Gasteiger partial charge in [0.25, 0.3) is 5.91 Å². The third-order valence-corrected chi connectivity index (χ3v) is 3.69. The minimum absolute atomic E-state index is 0.127. The van der Waals surface area contributed by atoms with Crippen molar-refractivity contribution in [2.45, 2.75) is 6.92 Å². The van der Waals surface area contributed by atoms with E-state index in [0.29, 0.717) is 5.69 Å². The van der Waals surface area contributed by atoms with Crippen LogP contribution in [0.15, 0.2) is 30.5 Å². The van der Waals surface area contributed by atoms with Crippen LogP contribution in [0.3, 0.4) is 0 Å². The molecule has 1 amide bonds. The fourth-order valence-electron chi connectivity index (χ4n) is 1.74. The van der Waals surface area contributed by atoms with Crippen molar-refractivity contribution >= 4 is 51.5 Å². The minimum Gasteiger partial charge on any atom is -0.322 e. The molecule has 0 radical (unpaired) electrons. The minimum atomic E-state index is -0.717. The van der Waals surface area contributed by atoms with Crippen molar-refractivity contribution < 1.29 is 9.72 Å². The number of halogens is 2. The number of anilines is 1. The van der Waals surface area contributed by atoms with Gasteiger partial charge in [0.2, 0.25) is 5.15 Å². The van der Waals surface area contributed by atoms with Crippen LogP contribution in [-0.2, 0) is 0 Å². The summed E-state index contributed by atoms with van der Waals surface area (Å²) in [6, 6.07) is 6.73. The summed E-state index contributed by atoms with van der Waals surface area (Å²) in [7, 11) is 0. The molecule has 2 rings (SSSR count). The fraction of sp³-hybridized carbons (Fsp3) is 0.0769. The Kier molecular flexibility index (Phi) is 4.73. The Balaban J connectivity index is 2.37. The molecule has 0 aliphatic rings. The molecule has 0 fully saturated rings. The summed E-state index contributed by atoms with van der Waals surface area (Å²) in [5.74, 6) is -0.602. The lowest BCUT2D eigenvalue weighted by Crippen LogP contribution is -2.15. The van der Waals surface area contributed by atoms with Gasteiger partial charge in [-0.2, -0.15) is 0 Å². The number of aryl methyl sites for hydroxylation is 1. The van der Waals surface area contributed by atoms with Crippen molar-refractivity contribution in [3.63, 3.8) is 0 Å². The number of carbonyl (C=O) groups excluding carboxylic acids is 1. The van der Waals surface area contributed by atoms with Gasteiger partial charge in [-0.15, -0.1) is 0 Å². The first kappa shape index (κ1) is 15.6. The second-order valence-electron chi connectivity index (χ2n) is 4.17. The van der Waals surface area contributed by atoms with E-state index < -0.39 is 16.5 Å². The van der Waals surface area contributed by atoms with Crippen molar-refractivity contribution in [3.05, 3.63) is 60.4 Å². The Morgan fingerprint density at radius 1 is 1.43 bits per heavy atom. The highest BCUT2D eigenvalue weighted by Gasteiger charge is 2.25. The van der Waals surface area contributed by atoms with E-state index in [1.807, 2.05) is 19.1 Å². The number of amides is 1. The number of nitrogens with one attached hydrogen (secondary N) is 1. The molecule has 0 aliphatic heterocycles. The monoisotopic (exact) mass is 417 g/mol. The van der Waals surface area contributed by atoms with Crippen LogP contribution in [-0.4, -0.2) is 15.8 Å². The van der Waals surface area contributed by atoms with Gasteiger partial charge in [-0.1, -0.05) is 11.6 Å². The van der Waals surface area contributed by atoms with Gasteiger partial charge in [0.15, 0.2) is 0 Å². The van der Waals surface area contributed by atoms with E-state index in [9.17, 15) is 14.9 Å². The lowest BCUT2D eigenvalue weighted by atomic mass is 10.1. The van der Waals surface area contributed by atoms with Gasteiger partial charge >= 0.3 is 5.69 Å². The highest BCUT2D eigenvalue weighted by Crippen LogP contribution is 2.27. The molecule has 0 spiro atoms. The largest absolute Gasteiger partial charge is 0.322 e. The summed E-state index contributed by atoms with van der Waals surface area (Å²) in [6.45, 7) is 1.84. The molecule has 1 aromatic heterocycles. The van der Waals surface area contributed by atoms with E-state index in [0.717, 1.165) is 9.13 Å². The Morgan fingerprint density at radius 2 is 2.14 bits per heavy atom. The number of benzene rings is 1. The maximum Gasteiger partial charge on any atom is 0.319 e. The molecule has 108 valence electrons. The predicted molar refractivity (Wildman–Crippen MR) is 87.8 cm³/mol. The molecule has 1 heterocycles. The lowest BCUT2D eigenvalue weighted by molar-refractivity contribution is -0.385. The van der Waals surface area contributed by atoms with Crippen LogP contribution in [0.2, 0.25) is 5.15 Å². The lowest BCUT2D eigenvalue weighted by Gasteiger charge is -2.09. The number of pyridine rings is 1. The van der Waals surface area contributed by atoms with Crippen molar-refractivity contribution in [3.8, 4) is 0 Å². The van der Waals surface area contributed by atoms with Crippen LogP contribution < -0.4 is 5.32 Å². The molecule has 1 N–H and O–H groups in total. The summed E-state index contributed by atoms with van der Waals surface area (Å²) in [5, 5.41) is 13.3. The number of hydrogen-bond acceptors (Lipinski definition) is 4. The summed E-state index contributed by atoms with van der Waals surface area (Å²) < 4.78 is 1.03. The molecular weight excluding hydrogens is 409 g/mol. The van der Waals surface area contributed by atoms with E-state index >= 15 is 0 Å².